The number of rotatable bonds is 2. The summed E-state index contributed by atoms with van der Waals surface area (Å²) in [6, 6.07) is 1.75. The zero-order chi connectivity index (χ0) is 13.3. The lowest BCUT2D eigenvalue weighted by Crippen LogP contribution is -2.16. The quantitative estimate of drug-likeness (QED) is 0.791. The molecule has 0 aliphatic rings. The Bertz CT molecular complexity index is 562. The smallest absolute Gasteiger partial charge is 0.176 e. The molecule has 0 unspecified atom stereocenters. The molecular weight excluding hydrogens is 288 g/mol. The van der Waals surface area contributed by atoms with Crippen LogP contribution >= 0.6 is 34.9 Å². The molecular formula is C11H13ClN4S2. The lowest BCUT2D eigenvalue weighted by atomic mass is 9.96. The Balaban J connectivity index is 2.31. The Morgan fingerprint density at radius 1 is 1.22 bits per heavy atom. The molecule has 0 aliphatic carbocycles. The van der Waals surface area contributed by atoms with Crippen LogP contribution in [0.4, 0.5) is 0 Å². The van der Waals surface area contributed by atoms with Gasteiger partial charge in [-0.15, -0.1) is 0 Å². The van der Waals surface area contributed by atoms with Gasteiger partial charge in [-0.3, -0.25) is 0 Å². The summed E-state index contributed by atoms with van der Waals surface area (Å²) in [5.74, 6) is 1.51. The molecule has 0 aliphatic heterocycles. The fourth-order valence-corrected chi connectivity index (χ4v) is 3.04. The van der Waals surface area contributed by atoms with Gasteiger partial charge in [-0.2, -0.15) is 4.37 Å². The molecule has 2 aromatic heterocycles. The average molecular weight is 301 g/mol. The Morgan fingerprint density at radius 3 is 2.50 bits per heavy atom. The van der Waals surface area contributed by atoms with Crippen molar-refractivity contribution >= 4 is 34.9 Å². The van der Waals surface area contributed by atoms with Crippen molar-refractivity contribution in [3.05, 3.63) is 22.9 Å². The summed E-state index contributed by atoms with van der Waals surface area (Å²) in [5, 5.41) is 1.26. The highest BCUT2D eigenvalue weighted by molar-refractivity contribution is 8.00. The molecule has 0 bridgehead atoms. The highest BCUT2D eigenvalue weighted by Gasteiger charge is 2.19. The van der Waals surface area contributed by atoms with Crippen LogP contribution in [0.5, 0.6) is 0 Å². The third-order valence-corrected chi connectivity index (χ3v) is 4.00. The van der Waals surface area contributed by atoms with Crippen LogP contribution in [-0.4, -0.2) is 19.3 Å². The molecule has 7 heteroatoms. The molecule has 18 heavy (non-hydrogen) atoms. The molecule has 2 aromatic rings. The molecule has 0 amide bonds. The van der Waals surface area contributed by atoms with Crippen molar-refractivity contribution in [2.24, 2.45) is 0 Å². The fourth-order valence-electron chi connectivity index (χ4n) is 1.19. The van der Waals surface area contributed by atoms with E-state index in [2.05, 4.69) is 40.1 Å². The Labute approximate surface area is 119 Å². The van der Waals surface area contributed by atoms with Crippen molar-refractivity contribution in [3.8, 4) is 0 Å². The van der Waals surface area contributed by atoms with E-state index in [1.807, 2.05) is 6.92 Å². The van der Waals surface area contributed by atoms with Crippen LogP contribution in [0.15, 0.2) is 15.4 Å². The molecule has 0 N–H and O–H groups in total. The Kier molecular flexibility index (Phi) is 3.89. The van der Waals surface area contributed by atoms with E-state index in [9.17, 15) is 0 Å². The van der Waals surface area contributed by atoms with Crippen molar-refractivity contribution in [1.82, 2.24) is 19.3 Å². The first kappa shape index (κ1) is 13.7. The predicted octanol–water partition coefficient (Wildman–Crippen LogP) is 3.74. The van der Waals surface area contributed by atoms with Gasteiger partial charge in [-0.1, -0.05) is 32.4 Å². The number of hydrogen-bond donors (Lipinski definition) is 0. The van der Waals surface area contributed by atoms with Gasteiger partial charge in [0.25, 0.3) is 0 Å². The zero-order valence-electron chi connectivity index (χ0n) is 10.6. The van der Waals surface area contributed by atoms with E-state index >= 15 is 0 Å². The maximum atomic E-state index is 6.03. The van der Waals surface area contributed by atoms with Crippen molar-refractivity contribution < 1.29 is 0 Å². The van der Waals surface area contributed by atoms with Crippen LogP contribution in [0, 0.1) is 6.92 Å². The fraction of sp³-hybridized carbons (Fsp3) is 0.455. The predicted molar refractivity (Wildman–Crippen MR) is 74.5 cm³/mol. The Morgan fingerprint density at radius 2 is 1.94 bits per heavy atom. The van der Waals surface area contributed by atoms with Crippen LogP contribution in [0.25, 0.3) is 0 Å². The largest absolute Gasteiger partial charge is 0.225 e. The van der Waals surface area contributed by atoms with Crippen molar-refractivity contribution in [2.45, 2.75) is 42.5 Å². The third kappa shape index (κ3) is 3.40. The minimum Gasteiger partial charge on any atom is -0.225 e. The monoisotopic (exact) mass is 300 g/mol. The van der Waals surface area contributed by atoms with Gasteiger partial charge in [0.15, 0.2) is 4.34 Å². The number of hydrogen-bond acceptors (Lipinski definition) is 6. The zero-order valence-corrected chi connectivity index (χ0v) is 12.9. The van der Waals surface area contributed by atoms with Gasteiger partial charge in [0.05, 0.1) is 0 Å². The number of aryl methyl sites for hydroxylation is 1. The van der Waals surface area contributed by atoms with E-state index in [1.54, 1.807) is 6.07 Å². The lowest BCUT2D eigenvalue weighted by molar-refractivity contribution is 0.538. The van der Waals surface area contributed by atoms with Crippen LogP contribution in [-0.2, 0) is 5.41 Å². The van der Waals surface area contributed by atoms with Gasteiger partial charge in [-0.05, 0) is 30.2 Å². The molecule has 0 aromatic carbocycles. The molecule has 0 radical (unpaired) electrons. The minimum atomic E-state index is -0.128. The highest BCUT2D eigenvalue weighted by Crippen LogP contribution is 2.30. The normalized spacial score (nSPS) is 11.8. The molecule has 0 saturated carbocycles. The van der Waals surface area contributed by atoms with E-state index in [1.165, 1.54) is 23.3 Å². The molecule has 96 valence electrons. The van der Waals surface area contributed by atoms with Gasteiger partial charge in [0, 0.05) is 11.5 Å². The summed E-state index contributed by atoms with van der Waals surface area (Å²) in [7, 11) is 0. The minimum absolute atomic E-state index is 0.128. The molecule has 4 nitrogen and oxygen atoms in total. The van der Waals surface area contributed by atoms with Crippen LogP contribution in [0.1, 0.15) is 32.4 Å². The van der Waals surface area contributed by atoms with E-state index in [-0.39, 0.29) is 5.41 Å². The first-order valence-corrected chi connectivity index (χ1v) is 7.34. The second kappa shape index (κ2) is 5.11. The van der Waals surface area contributed by atoms with E-state index < -0.39 is 0 Å². The van der Waals surface area contributed by atoms with Crippen molar-refractivity contribution in [3.63, 3.8) is 0 Å². The van der Waals surface area contributed by atoms with Gasteiger partial charge in [-0.25, -0.2) is 15.0 Å². The first-order valence-electron chi connectivity index (χ1n) is 5.38. The van der Waals surface area contributed by atoms with Gasteiger partial charge in [0.1, 0.15) is 21.8 Å². The van der Waals surface area contributed by atoms with Crippen LogP contribution in [0.2, 0.25) is 5.15 Å². The summed E-state index contributed by atoms with van der Waals surface area (Å²) in [4.78, 5) is 13.1. The second-order valence-corrected chi connectivity index (χ2v) is 7.22. The molecule has 2 rings (SSSR count). The summed E-state index contributed by atoms with van der Waals surface area (Å²) >= 11 is 8.85. The van der Waals surface area contributed by atoms with Gasteiger partial charge < -0.3 is 0 Å². The number of aromatic nitrogens is 4. The number of nitrogens with zero attached hydrogens (tertiary/aromatic N) is 4. The highest BCUT2D eigenvalue weighted by atomic mass is 35.5. The van der Waals surface area contributed by atoms with Crippen molar-refractivity contribution in [1.29, 1.82) is 0 Å². The average Bonchev–Trinajstić information content (AvgIpc) is 2.61. The summed E-state index contributed by atoms with van der Waals surface area (Å²) < 4.78 is 5.00. The van der Waals surface area contributed by atoms with E-state index in [0.717, 1.165) is 21.0 Å². The molecule has 0 fully saturated rings. The molecule has 0 spiro atoms. The maximum Gasteiger partial charge on any atom is 0.176 e. The number of halogens is 1. The summed E-state index contributed by atoms with van der Waals surface area (Å²) in [6.07, 6.45) is 0. The van der Waals surface area contributed by atoms with Crippen LogP contribution in [0.3, 0.4) is 0 Å². The molecule has 0 atom stereocenters. The van der Waals surface area contributed by atoms with E-state index in [0.29, 0.717) is 5.15 Å². The first-order chi connectivity index (χ1) is 8.34. The molecule has 2 heterocycles. The SMILES string of the molecule is Cc1nsc(Sc2cc(Cl)nc(C(C)(C)C)n2)n1. The summed E-state index contributed by atoms with van der Waals surface area (Å²) in [6.45, 7) is 8.04. The standard InChI is InChI=1S/C11H13ClN4S2/c1-6-13-10(18-16-6)17-8-5-7(12)14-9(15-8)11(2,3)4/h5H,1-4H3. The lowest BCUT2D eigenvalue weighted by Gasteiger charge is -2.16. The van der Waals surface area contributed by atoms with Crippen LogP contribution < -0.4 is 0 Å². The van der Waals surface area contributed by atoms with Gasteiger partial charge >= 0.3 is 0 Å². The molecule has 0 saturated heterocycles. The van der Waals surface area contributed by atoms with E-state index in [4.69, 9.17) is 11.6 Å². The Hall–Kier alpha value is -0.720. The topological polar surface area (TPSA) is 51.6 Å². The maximum absolute atomic E-state index is 6.03. The van der Waals surface area contributed by atoms with Gasteiger partial charge in [0.2, 0.25) is 0 Å². The third-order valence-electron chi connectivity index (χ3n) is 2.04. The second-order valence-electron chi connectivity index (χ2n) is 4.81. The summed E-state index contributed by atoms with van der Waals surface area (Å²) in [5.41, 5.74) is -0.128. The van der Waals surface area contributed by atoms with Crippen molar-refractivity contribution in [2.75, 3.05) is 0 Å².